The number of hydrogen-bond donors (Lipinski definition) is 3. The van der Waals surface area contributed by atoms with Crippen LogP contribution in [-0.4, -0.2) is 27.4 Å². The number of aromatic nitrogens is 3. The van der Waals surface area contributed by atoms with E-state index in [1.54, 1.807) is 30.6 Å². The average Bonchev–Trinajstić information content (AvgIpc) is 2.86. The summed E-state index contributed by atoms with van der Waals surface area (Å²) >= 11 is 0. The number of H-pyrrole nitrogens is 2. The fraction of sp³-hybridized carbons (Fsp3) is 0.154. The van der Waals surface area contributed by atoms with Crippen molar-refractivity contribution in [1.82, 2.24) is 20.3 Å². The maximum absolute atomic E-state index is 12.9. The molecule has 0 saturated heterocycles. The van der Waals surface area contributed by atoms with Gasteiger partial charge in [-0.25, -0.2) is 4.79 Å². The summed E-state index contributed by atoms with van der Waals surface area (Å²) in [4.78, 5) is 45.3. The Hall–Kier alpha value is -4.46. The molecule has 0 saturated carbocycles. The maximum atomic E-state index is 12.9. The molecule has 1 aliphatic heterocycles. The summed E-state index contributed by atoms with van der Waals surface area (Å²) in [6, 6.07) is 19.2. The molecule has 8 nitrogen and oxygen atoms in total. The molecule has 0 aliphatic carbocycles. The molecule has 1 unspecified atom stereocenters. The molecule has 0 radical (unpaired) electrons. The standard InChI is InChI=1S/C26H22N4O4/c31-23(28-13-10-20(16-4-2-1-3-5-16)17-8-11-27-12-9-17)18-6-7-22-19(14-18)15-21-24(32)29-26(33)30-25(21)34-22/h1-9,11-12,14,20H,10,13,15H2,(H,28,31)(H2,29,30,32,33). The highest BCUT2D eigenvalue weighted by Crippen LogP contribution is 2.33. The van der Waals surface area contributed by atoms with Crippen molar-refractivity contribution in [1.29, 1.82) is 0 Å². The van der Waals surface area contributed by atoms with Crippen molar-refractivity contribution < 1.29 is 9.53 Å². The number of nitrogens with one attached hydrogen (secondary N) is 3. The van der Waals surface area contributed by atoms with Crippen molar-refractivity contribution in [2.75, 3.05) is 6.54 Å². The Morgan fingerprint density at radius 3 is 2.56 bits per heavy atom. The van der Waals surface area contributed by atoms with Crippen LogP contribution in [0.1, 0.15) is 45.0 Å². The zero-order valence-corrected chi connectivity index (χ0v) is 18.2. The van der Waals surface area contributed by atoms with Gasteiger partial charge >= 0.3 is 5.69 Å². The van der Waals surface area contributed by atoms with Gasteiger partial charge in [-0.3, -0.25) is 24.5 Å². The van der Waals surface area contributed by atoms with Gasteiger partial charge in [-0.15, -0.1) is 0 Å². The summed E-state index contributed by atoms with van der Waals surface area (Å²) < 4.78 is 5.67. The minimum absolute atomic E-state index is 0.131. The lowest BCUT2D eigenvalue weighted by atomic mass is 9.89. The fourth-order valence-corrected chi connectivity index (χ4v) is 4.24. The number of amides is 1. The monoisotopic (exact) mass is 454 g/mol. The summed E-state index contributed by atoms with van der Waals surface area (Å²) in [6.07, 6.45) is 4.54. The first-order chi connectivity index (χ1) is 16.6. The SMILES string of the molecule is O=C(NCCC(c1ccccc1)c1ccncc1)c1ccc2c(c1)Cc1c([nH]c(=O)[nH]c1=O)O2. The van der Waals surface area contributed by atoms with E-state index in [2.05, 4.69) is 32.4 Å². The quantitative estimate of drug-likeness (QED) is 0.365. The Morgan fingerprint density at radius 2 is 1.76 bits per heavy atom. The Balaban J connectivity index is 1.29. The number of hydrogen-bond acceptors (Lipinski definition) is 5. The van der Waals surface area contributed by atoms with Crippen molar-refractivity contribution in [3.8, 4) is 11.6 Å². The Labute approximate surface area is 194 Å². The first-order valence-electron chi connectivity index (χ1n) is 11.0. The number of carbonyl (C=O) groups is 1. The molecule has 34 heavy (non-hydrogen) atoms. The summed E-state index contributed by atoms with van der Waals surface area (Å²) in [5.74, 6) is 0.575. The van der Waals surface area contributed by atoms with Crippen LogP contribution >= 0.6 is 0 Å². The lowest BCUT2D eigenvalue weighted by Gasteiger charge is -2.20. The van der Waals surface area contributed by atoms with E-state index in [0.717, 1.165) is 12.0 Å². The Morgan fingerprint density at radius 1 is 1.00 bits per heavy atom. The third-order valence-corrected chi connectivity index (χ3v) is 5.93. The molecule has 1 amide bonds. The number of ether oxygens (including phenoxy) is 1. The second-order valence-corrected chi connectivity index (χ2v) is 8.11. The molecular formula is C26H22N4O4. The zero-order chi connectivity index (χ0) is 23.5. The van der Waals surface area contributed by atoms with Crippen LogP contribution in [0.15, 0.2) is 82.6 Å². The van der Waals surface area contributed by atoms with E-state index in [9.17, 15) is 14.4 Å². The van der Waals surface area contributed by atoms with Crippen molar-refractivity contribution >= 4 is 5.91 Å². The van der Waals surface area contributed by atoms with Gasteiger partial charge in [0.25, 0.3) is 11.5 Å². The number of aromatic amines is 2. The maximum Gasteiger partial charge on any atom is 0.328 e. The third kappa shape index (κ3) is 4.38. The highest BCUT2D eigenvalue weighted by atomic mass is 16.5. The molecule has 8 heteroatoms. The van der Waals surface area contributed by atoms with Crippen LogP contribution in [0.2, 0.25) is 0 Å². The minimum atomic E-state index is -0.622. The molecule has 1 aliphatic rings. The van der Waals surface area contributed by atoms with Gasteiger partial charge in [0.1, 0.15) is 5.75 Å². The molecule has 3 heterocycles. The predicted molar refractivity (Wildman–Crippen MR) is 126 cm³/mol. The van der Waals surface area contributed by atoms with E-state index in [1.807, 2.05) is 30.3 Å². The van der Waals surface area contributed by atoms with Gasteiger partial charge in [-0.1, -0.05) is 30.3 Å². The number of rotatable bonds is 6. The zero-order valence-electron chi connectivity index (χ0n) is 18.2. The van der Waals surface area contributed by atoms with Crippen LogP contribution < -0.4 is 21.3 Å². The van der Waals surface area contributed by atoms with Crippen LogP contribution in [0, 0.1) is 0 Å². The summed E-state index contributed by atoms with van der Waals surface area (Å²) in [5, 5.41) is 3.00. The van der Waals surface area contributed by atoms with Crippen LogP contribution in [0.4, 0.5) is 0 Å². The fourth-order valence-electron chi connectivity index (χ4n) is 4.24. The number of carbonyl (C=O) groups excluding carboxylic acids is 1. The lowest BCUT2D eigenvalue weighted by molar-refractivity contribution is 0.0952. The number of benzene rings is 2. The molecule has 3 N–H and O–H groups in total. The van der Waals surface area contributed by atoms with Gasteiger partial charge in [-0.05, 0) is 47.9 Å². The van der Waals surface area contributed by atoms with E-state index in [0.29, 0.717) is 29.0 Å². The summed E-state index contributed by atoms with van der Waals surface area (Å²) in [7, 11) is 0. The van der Waals surface area contributed by atoms with Crippen molar-refractivity contribution in [3.63, 3.8) is 0 Å². The van der Waals surface area contributed by atoms with Crippen LogP contribution in [0.3, 0.4) is 0 Å². The van der Waals surface area contributed by atoms with Gasteiger partial charge in [-0.2, -0.15) is 0 Å². The van der Waals surface area contributed by atoms with Gasteiger partial charge in [0, 0.05) is 42.4 Å². The Kier molecular flexibility index (Phi) is 5.78. The molecule has 0 fully saturated rings. The molecule has 170 valence electrons. The van der Waals surface area contributed by atoms with Gasteiger partial charge in [0.2, 0.25) is 5.88 Å². The number of fused-ring (bicyclic) bond motifs is 2. The van der Waals surface area contributed by atoms with E-state index in [-0.39, 0.29) is 24.1 Å². The summed E-state index contributed by atoms with van der Waals surface area (Å²) in [5.41, 5.74) is 2.71. The second kappa shape index (κ2) is 9.19. The van der Waals surface area contributed by atoms with Crippen molar-refractivity contribution in [2.24, 2.45) is 0 Å². The first-order valence-corrected chi connectivity index (χ1v) is 11.0. The average molecular weight is 454 g/mol. The van der Waals surface area contributed by atoms with E-state index < -0.39 is 11.2 Å². The third-order valence-electron chi connectivity index (χ3n) is 5.93. The molecule has 2 aromatic heterocycles. The molecule has 2 aromatic carbocycles. The smallest absolute Gasteiger partial charge is 0.328 e. The van der Waals surface area contributed by atoms with E-state index >= 15 is 0 Å². The molecule has 5 rings (SSSR count). The molecule has 1 atom stereocenters. The largest absolute Gasteiger partial charge is 0.440 e. The molecular weight excluding hydrogens is 432 g/mol. The predicted octanol–water partition coefficient (Wildman–Crippen LogP) is 3.11. The second-order valence-electron chi connectivity index (χ2n) is 8.11. The van der Waals surface area contributed by atoms with Crippen molar-refractivity contribution in [3.05, 3.63) is 122 Å². The van der Waals surface area contributed by atoms with Gasteiger partial charge in [0.15, 0.2) is 0 Å². The van der Waals surface area contributed by atoms with Crippen LogP contribution in [0.5, 0.6) is 11.6 Å². The van der Waals surface area contributed by atoms with Crippen LogP contribution in [-0.2, 0) is 6.42 Å². The Bertz CT molecular complexity index is 1410. The molecule has 0 bridgehead atoms. The normalized spacial score (nSPS) is 12.7. The molecule has 4 aromatic rings. The van der Waals surface area contributed by atoms with Crippen LogP contribution in [0.25, 0.3) is 0 Å². The highest BCUT2D eigenvalue weighted by Gasteiger charge is 2.22. The minimum Gasteiger partial charge on any atom is -0.440 e. The van der Waals surface area contributed by atoms with Gasteiger partial charge < -0.3 is 10.1 Å². The topological polar surface area (TPSA) is 117 Å². The van der Waals surface area contributed by atoms with E-state index in [1.165, 1.54) is 5.56 Å². The first kappa shape index (κ1) is 21.4. The lowest BCUT2D eigenvalue weighted by Crippen LogP contribution is -2.28. The van der Waals surface area contributed by atoms with Gasteiger partial charge in [0.05, 0.1) is 5.56 Å². The van der Waals surface area contributed by atoms with E-state index in [4.69, 9.17) is 4.74 Å². The number of nitrogens with zero attached hydrogens (tertiary/aromatic N) is 1. The molecule has 0 spiro atoms. The summed E-state index contributed by atoms with van der Waals surface area (Å²) in [6.45, 7) is 0.484. The van der Waals surface area contributed by atoms with Crippen molar-refractivity contribution in [2.45, 2.75) is 18.8 Å². The highest BCUT2D eigenvalue weighted by molar-refractivity contribution is 5.94. The number of pyridine rings is 1.